The van der Waals surface area contributed by atoms with Gasteiger partial charge in [0.2, 0.25) is 0 Å². The third kappa shape index (κ3) is 8.36. The van der Waals surface area contributed by atoms with Crippen LogP contribution >= 0.6 is 11.6 Å². The van der Waals surface area contributed by atoms with Gasteiger partial charge in [-0.25, -0.2) is 5.43 Å². The molecule has 1 unspecified atom stereocenters. The highest BCUT2D eigenvalue weighted by molar-refractivity contribution is 6.30. The fraction of sp³-hybridized carbons (Fsp3) is 0.276. The predicted octanol–water partition coefficient (Wildman–Crippen LogP) is 5.53. The molecule has 0 aromatic heterocycles. The van der Waals surface area contributed by atoms with Gasteiger partial charge in [-0.3, -0.25) is 9.59 Å². The molecule has 0 aliphatic carbocycles. The number of hydrazone groups is 1. The zero-order chi connectivity index (χ0) is 26.8. The molecule has 0 heterocycles. The maximum absolute atomic E-state index is 12.8. The maximum atomic E-state index is 12.8. The van der Waals surface area contributed by atoms with Crippen LogP contribution in [0.4, 0.5) is 0 Å². The van der Waals surface area contributed by atoms with Gasteiger partial charge in [-0.15, -0.1) is 0 Å². The lowest BCUT2D eigenvalue weighted by Gasteiger charge is -2.20. The minimum Gasteiger partial charge on any atom is -0.490 e. The number of halogens is 1. The van der Waals surface area contributed by atoms with Gasteiger partial charge >= 0.3 is 0 Å². The molecular formula is C29H32ClN3O4. The molecule has 194 valence electrons. The Bertz CT molecular complexity index is 1220. The molecule has 0 radical (unpaired) electrons. The molecule has 2 N–H and O–H groups in total. The van der Waals surface area contributed by atoms with Crippen LogP contribution in [0.5, 0.6) is 11.5 Å². The molecule has 7 nitrogen and oxygen atoms in total. The van der Waals surface area contributed by atoms with E-state index in [2.05, 4.69) is 15.8 Å². The molecule has 0 saturated heterocycles. The highest BCUT2D eigenvalue weighted by atomic mass is 35.5. The monoisotopic (exact) mass is 521 g/mol. The number of hydrogen-bond donors (Lipinski definition) is 2. The number of benzene rings is 3. The quantitative estimate of drug-likeness (QED) is 0.256. The molecule has 3 aromatic rings. The van der Waals surface area contributed by atoms with Crippen molar-refractivity contribution in [3.63, 3.8) is 0 Å². The number of carbonyl (C=O) groups excluding carboxylic acids is 2. The molecule has 8 heteroatoms. The standard InChI is InChI=1S/C29H32ClN3O4/c1-5-36-26-16-22(10-15-25(26)37-18-21-8-6-20(4)7-9-21)17-31-33-29(35)27(19(2)3)32-28(34)23-11-13-24(30)14-12-23/h6-17,19,27H,5,18H2,1-4H3,(H,32,34)(H,33,35). The van der Waals surface area contributed by atoms with E-state index in [-0.39, 0.29) is 11.8 Å². The number of ether oxygens (including phenoxy) is 2. The molecule has 0 aliphatic heterocycles. The van der Waals surface area contributed by atoms with Crippen molar-refractivity contribution in [1.82, 2.24) is 10.7 Å². The third-order valence-electron chi connectivity index (χ3n) is 5.51. The first kappa shape index (κ1) is 27.7. The van der Waals surface area contributed by atoms with Gasteiger partial charge in [0.25, 0.3) is 11.8 Å². The van der Waals surface area contributed by atoms with E-state index in [4.69, 9.17) is 21.1 Å². The lowest BCUT2D eigenvalue weighted by atomic mass is 10.0. The topological polar surface area (TPSA) is 89.0 Å². The van der Waals surface area contributed by atoms with E-state index in [0.717, 1.165) is 11.1 Å². The van der Waals surface area contributed by atoms with Gasteiger partial charge < -0.3 is 14.8 Å². The lowest BCUT2D eigenvalue weighted by Crippen LogP contribution is -2.48. The Morgan fingerprint density at radius 3 is 2.32 bits per heavy atom. The van der Waals surface area contributed by atoms with Crippen molar-refractivity contribution in [2.75, 3.05) is 6.61 Å². The van der Waals surface area contributed by atoms with Gasteiger partial charge in [-0.05, 0) is 73.4 Å². The van der Waals surface area contributed by atoms with Crippen molar-refractivity contribution in [3.8, 4) is 11.5 Å². The molecule has 0 fully saturated rings. The second-order valence-corrected chi connectivity index (χ2v) is 9.29. The van der Waals surface area contributed by atoms with E-state index in [1.807, 2.05) is 64.1 Å². The molecule has 37 heavy (non-hydrogen) atoms. The first-order valence-corrected chi connectivity index (χ1v) is 12.5. The van der Waals surface area contributed by atoms with Crippen molar-refractivity contribution >= 4 is 29.6 Å². The van der Waals surface area contributed by atoms with E-state index >= 15 is 0 Å². The molecule has 3 rings (SSSR count). The van der Waals surface area contributed by atoms with Crippen LogP contribution < -0.4 is 20.2 Å². The Morgan fingerprint density at radius 1 is 0.973 bits per heavy atom. The second kappa shape index (κ2) is 13.5. The second-order valence-electron chi connectivity index (χ2n) is 8.85. The molecule has 3 aromatic carbocycles. The number of hydrogen-bond acceptors (Lipinski definition) is 5. The van der Waals surface area contributed by atoms with E-state index in [1.54, 1.807) is 30.3 Å². The van der Waals surface area contributed by atoms with Crippen LogP contribution in [0.2, 0.25) is 5.02 Å². The van der Waals surface area contributed by atoms with E-state index < -0.39 is 11.9 Å². The zero-order valence-electron chi connectivity index (χ0n) is 21.5. The minimum atomic E-state index is -0.767. The zero-order valence-corrected chi connectivity index (χ0v) is 22.2. The van der Waals surface area contributed by atoms with Gasteiger partial charge in [0.05, 0.1) is 12.8 Å². The summed E-state index contributed by atoms with van der Waals surface area (Å²) in [6, 6.07) is 19.3. The number of rotatable bonds is 11. The normalized spacial score (nSPS) is 11.8. The average Bonchev–Trinajstić information content (AvgIpc) is 2.88. The summed E-state index contributed by atoms with van der Waals surface area (Å²) < 4.78 is 11.7. The van der Waals surface area contributed by atoms with E-state index in [9.17, 15) is 9.59 Å². The van der Waals surface area contributed by atoms with E-state index in [0.29, 0.717) is 35.3 Å². The first-order chi connectivity index (χ1) is 17.8. The Kier molecular flexibility index (Phi) is 10.1. The Labute approximate surface area is 222 Å². The average molecular weight is 522 g/mol. The van der Waals surface area contributed by atoms with Gasteiger partial charge in [0.15, 0.2) is 11.5 Å². The van der Waals surface area contributed by atoms with Crippen LogP contribution in [-0.2, 0) is 11.4 Å². The number of nitrogens with one attached hydrogen (secondary N) is 2. The van der Waals surface area contributed by atoms with Crippen LogP contribution in [-0.4, -0.2) is 30.7 Å². The molecule has 0 aliphatic rings. The lowest BCUT2D eigenvalue weighted by molar-refractivity contribution is -0.123. The highest BCUT2D eigenvalue weighted by Gasteiger charge is 2.24. The summed E-state index contributed by atoms with van der Waals surface area (Å²) in [6.07, 6.45) is 1.52. The Hall–Kier alpha value is -3.84. The maximum Gasteiger partial charge on any atom is 0.262 e. The summed E-state index contributed by atoms with van der Waals surface area (Å²) in [6.45, 7) is 8.53. The van der Waals surface area contributed by atoms with Gasteiger partial charge in [0, 0.05) is 10.6 Å². The van der Waals surface area contributed by atoms with E-state index in [1.165, 1.54) is 11.8 Å². The van der Waals surface area contributed by atoms with Crippen molar-refractivity contribution < 1.29 is 19.1 Å². The summed E-state index contributed by atoms with van der Waals surface area (Å²) in [7, 11) is 0. The fourth-order valence-electron chi connectivity index (χ4n) is 3.44. The van der Waals surface area contributed by atoms with Crippen molar-refractivity contribution in [2.24, 2.45) is 11.0 Å². The summed E-state index contributed by atoms with van der Waals surface area (Å²) in [5, 5.41) is 7.37. The molecule has 0 bridgehead atoms. The van der Waals surface area contributed by atoms with Crippen LogP contribution in [0.25, 0.3) is 0 Å². The number of carbonyl (C=O) groups is 2. The molecule has 0 saturated carbocycles. The first-order valence-electron chi connectivity index (χ1n) is 12.1. The SMILES string of the molecule is CCOc1cc(C=NNC(=O)C(NC(=O)c2ccc(Cl)cc2)C(C)C)ccc1OCc1ccc(C)cc1. The largest absolute Gasteiger partial charge is 0.490 e. The van der Waals surface area contributed by atoms with Gasteiger partial charge in [-0.1, -0.05) is 55.3 Å². The van der Waals surface area contributed by atoms with Crippen molar-refractivity contribution in [2.45, 2.75) is 40.3 Å². The summed E-state index contributed by atoms with van der Waals surface area (Å²) in [5.41, 5.74) is 5.91. The Balaban J connectivity index is 1.62. The van der Waals surface area contributed by atoms with Gasteiger partial charge in [0.1, 0.15) is 12.6 Å². The molecular weight excluding hydrogens is 490 g/mol. The molecule has 2 amide bonds. The molecule has 1 atom stereocenters. The van der Waals surface area contributed by atoms with Crippen LogP contribution in [0.15, 0.2) is 71.8 Å². The predicted molar refractivity (Wildman–Crippen MR) is 146 cm³/mol. The highest BCUT2D eigenvalue weighted by Crippen LogP contribution is 2.29. The summed E-state index contributed by atoms with van der Waals surface area (Å²) in [5.74, 6) is 0.267. The fourth-order valence-corrected chi connectivity index (χ4v) is 3.56. The van der Waals surface area contributed by atoms with Crippen LogP contribution in [0, 0.1) is 12.8 Å². The summed E-state index contributed by atoms with van der Waals surface area (Å²) >= 11 is 5.89. The van der Waals surface area contributed by atoms with Crippen molar-refractivity contribution in [3.05, 3.63) is 94.0 Å². The van der Waals surface area contributed by atoms with Crippen molar-refractivity contribution in [1.29, 1.82) is 0 Å². The van der Waals surface area contributed by atoms with Gasteiger partial charge in [-0.2, -0.15) is 5.10 Å². The minimum absolute atomic E-state index is 0.152. The molecule has 0 spiro atoms. The smallest absolute Gasteiger partial charge is 0.262 e. The summed E-state index contributed by atoms with van der Waals surface area (Å²) in [4.78, 5) is 25.3. The number of nitrogens with zero attached hydrogens (tertiary/aromatic N) is 1. The number of amides is 2. The third-order valence-corrected chi connectivity index (χ3v) is 5.77. The number of aryl methyl sites for hydroxylation is 1. The van der Waals surface area contributed by atoms with Crippen LogP contribution in [0.3, 0.4) is 0 Å². The van der Waals surface area contributed by atoms with Crippen LogP contribution in [0.1, 0.15) is 47.8 Å². The Morgan fingerprint density at radius 2 is 1.68 bits per heavy atom.